The molecule has 0 aliphatic heterocycles. The SMILES string of the molecule is Cc1ccc(CNc2nc(Nc3ccc(C(=O)N(C)C)cc3)ncc2C(F)(F)F)c(N(C)S(C)(=O)=O)n1. The Bertz CT molecular complexity index is 1400. The molecule has 0 fully saturated rings. The molecular weight excluding hydrogens is 511 g/mol. The maximum Gasteiger partial charge on any atom is 0.421 e. The second-order valence-electron chi connectivity index (χ2n) is 8.37. The van der Waals surface area contributed by atoms with E-state index in [1.165, 1.54) is 11.9 Å². The van der Waals surface area contributed by atoms with Gasteiger partial charge in [-0.2, -0.15) is 18.2 Å². The molecule has 0 unspecified atom stereocenters. The van der Waals surface area contributed by atoms with Crippen molar-refractivity contribution in [3.05, 3.63) is 65.0 Å². The normalized spacial score (nSPS) is 11.7. The van der Waals surface area contributed by atoms with Crippen molar-refractivity contribution >= 4 is 39.2 Å². The minimum absolute atomic E-state index is 0.0864. The number of pyridine rings is 1. The standard InChI is InChI=1S/C23H26F3N7O3S/c1-14-6-7-16(20(29-14)33(4)37(5,35)36)12-27-19-18(23(24,25)26)13-28-22(31-19)30-17-10-8-15(9-11-17)21(34)32(2)3/h6-11,13H,12H2,1-5H3,(H2,27,28,30,31). The molecule has 10 nitrogen and oxygen atoms in total. The van der Waals surface area contributed by atoms with Gasteiger partial charge in [-0.05, 0) is 37.3 Å². The number of anilines is 4. The Labute approximate surface area is 212 Å². The van der Waals surface area contributed by atoms with Gasteiger partial charge in [0.05, 0.1) is 6.26 Å². The molecule has 1 aromatic carbocycles. The second-order valence-corrected chi connectivity index (χ2v) is 10.4. The first-order valence-electron chi connectivity index (χ1n) is 10.8. The summed E-state index contributed by atoms with van der Waals surface area (Å²) in [4.78, 5) is 25.5. The number of hydrogen-bond acceptors (Lipinski definition) is 8. The van der Waals surface area contributed by atoms with Crippen molar-refractivity contribution in [2.24, 2.45) is 0 Å². The Kier molecular flexibility index (Phi) is 7.91. The number of carbonyl (C=O) groups excluding carboxylic acids is 1. The van der Waals surface area contributed by atoms with E-state index in [-0.39, 0.29) is 24.2 Å². The highest BCUT2D eigenvalue weighted by molar-refractivity contribution is 7.92. The van der Waals surface area contributed by atoms with Crippen molar-refractivity contribution < 1.29 is 26.4 Å². The fraction of sp³-hybridized carbons (Fsp3) is 0.304. The average molecular weight is 538 g/mol. The smallest absolute Gasteiger partial charge is 0.365 e. The number of nitrogens with one attached hydrogen (secondary N) is 2. The largest absolute Gasteiger partial charge is 0.421 e. The van der Waals surface area contributed by atoms with Gasteiger partial charge in [0.15, 0.2) is 0 Å². The monoisotopic (exact) mass is 537 g/mol. The summed E-state index contributed by atoms with van der Waals surface area (Å²) in [5.41, 5.74) is 0.690. The third kappa shape index (κ3) is 6.84. The van der Waals surface area contributed by atoms with E-state index in [0.717, 1.165) is 10.6 Å². The molecule has 2 N–H and O–H groups in total. The zero-order valence-electron chi connectivity index (χ0n) is 20.8. The Morgan fingerprint density at radius 2 is 1.68 bits per heavy atom. The predicted molar refractivity (Wildman–Crippen MR) is 134 cm³/mol. The molecule has 0 aliphatic carbocycles. The lowest BCUT2D eigenvalue weighted by molar-refractivity contribution is -0.137. The van der Waals surface area contributed by atoms with Gasteiger partial charge in [0, 0.05) is 56.4 Å². The van der Waals surface area contributed by atoms with Crippen LogP contribution < -0.4 is 14.9 Å². The quantitative estimate of drug-likeness (QED) is 0.447. The van der Waals surface area contributed by atoms with E-state index in [4.69, 9.17) is 0 Å². The molecule has 37 heavy (non-hydrogen) atoms. The van der Waals surface area contributed by atoms with Crippen molar-refractivity contribution in [2.45, 2.75) is 19.6 Å². The lowest BCUT2D eigenvalue weighted by Crippen LogP contribution is -2.27. The van der Waals surface area contributed by atoms with Crippen LogP contribution in [0.25, 0.3) is 0 Å². The molecule has 0 spiro atoms. The molecule has 0 aliphatic rings. The highest BCUT2D eigenvalue weighted by Gasteiger charge is 2.35. The summed E-state index contributed by atoms with van der Waals surface area (Å²) in [6.07, 6.45) is -3.09. The zero-order valence-corrected chi connectivity index (χ0v) is 21.6. The molecule has 198 valence electrons. The number of carbonyl (C=O) groups is 1. The van der Waals surface area contributed by atoms with Crippen molar-refractivity contribution in [3.8, 4) is 0 Å². The first kappa shape index (κ1) is 27.6. The van der Waals surface area contributed by atoms with Gasteiger partial charge in [-0.1, -0.05) is 6.07 Å². The number of aromatic nitrogens is 3. The lowest BCUT2D eigenvalue weighted by Gasteiger charge is -2.20. The Hall–Kier alpha value is -3.94. The highest BCUT2D eigenvalue weighted by Crippen LogP contribution is 2.34. The molecular formula is C23H26F3N7O3S. The third-order valence-corrected chi connectivity index (χ3v) is 6.39. The van der Waals surface area contributed by atoms with Crippen molar-refractivity contribution in [3.63, 3.8) is 0 Å². The number of hydrogen-bond donors (Lipinski definition) is 2. The highest BCUT2D eigenvalue weighted by atomic mass is 32.2. The molecule has 14 heteroatoms. The van der Waals surface area contributed by atoms with Gasteiger partial charge >= 0.3 is 6.18 Å². The molecule has 0 atom stereocenters. The molecule has 0 saturated heterocycles. The van der Waals surface area contributed by atoms with Crippen LogP contribution in [0.5, 0.6) is 0 Å². The lowest BCUT2D eigenvalue weighted by atomic mass is 10.2. The number of aryl methyl sites for hydroxylation is 1. The van der Waals surface area contributed by atoms with Crippen molar-refractivity contribution in [2.75, 3.05) is 42.3 Å². The van der Waals surface area contributed by atoms with Crippen LogP contribution >= 0.6 is 0 Å². The maximum atomic E-state index is 13.7. The van der Waals surface area contributed by atoms with Gasteiger partial charge in [-0.25, -0.2) is 18.4 Å². The number of benzene rings is 1. The van der Waals surface area contributed by atoms with E-state index in [1.807, 2.05) is 0 Å². The summed E-state index contributed by atoms with van der Waals surface area (Å²) >= 11 is 0. The van der Waals surface area contributed by atoms with E-state index in [2.05, 4.69) is 25.6 Å². The molecule has 3 aromatic rings. The fourth-order valence-electron chi connectivity index (χ4n) is 3.19. The van der Waals surface area contributed by atoms with Crippen LogP contribution in [-0.4, -0.2) is 61.6 Å². The van der Waals surface area contributed by atoms with Crippen molar-refractivity contribution in [1.29, 1.82) is 0 Å². The van der Waals surface area contributed by atoms with Crippen LogP contribution in [0.2, 0.25) is 0 Å². The molecule has 1 amide bonds. The minimum Gasteiger partial charge on any atom is -0.365 e. The Morgan fingerprint density at radius 1 is 1.03 bits per heavy atom. The van der Waals surface area contributed by atoms with Crippen LogP contribution in [-0.2, 0) is 22.7 Å². The Balaban J connectivity index is 1.90. The van der Waals surface area contributed by atoms with Crippen LogP contribution in [0.15, 0.2) is 42.6 Å². The number of alkyl halides is 3. The first-order chi connectivity index (χ1) is 17.2. The Morgan fingerprint density at radius 3 is 2.24 bits per heavy atom. The van der Waals surface area contributed by atoms with E-state index in [0.29, 0.717) is 28.7 Å². The van der Waals surface area contributed by atoms with Crippen LogP contribution in [0.4, 0.5) is 36.4 Å². The summed E-state index contributed by atoms with van der Waals surface area (Å²) in [7, 11) is 0.889. The molecule has 0 saturated carbocycles. The first-order valence-corrected chi connectivity index (χ1v) is 12.7. The second kappa shape index (κ2) is 10.6. The maximum absolute atomic E-state index is 13.7. The number of amides is 1. The third-order valence-electron chi connectivity index (χ3n) is 5.23. The van der Waals surface area contributed by atoms with Gasteiger partial charge in [-0.3, -0.25) is 9.10 Å². The summed E-state index contributed by atoms with van der Waals surface area (Å²) in [5.74, 6) is -0.728. The average Bonchev–Trinajstić information content (AvgIpc) is 2.81. The summed E-state index contributed by atoms with van der Waals surface area (Å²) in [6, 6.07) is 9.50. The number of nitrogens with zero attached hydrogens (tertiary/aromatic N) is 5. The van der Waals surface area contributed by atoms with Gasteiger partial charge in [-0.15, -0.1) is 0 Å². The van der Waals surface area contributed by atoms with Gasteiger partial charge in [0.1, 0.15) is 17.2 Å². The number of rotatable bonds is 8. The van der Waals surface area contributed by atoms with E-state index in [1.54, 1.807) is 57.4 Å². The summed E-state index contributed by atoms with van der Waals surface area (Å²) < 4.78 is 66.0. The van der Waals surface area contributed by atoms with Gasteiger partial charge in [0.25, 0.3) is 5.91 Å². The van der Waals surface area contributed by atoms with Crippen LogP contribution in [0, 0.1) is 6.92 Å². The fourth-order valence-corrected chi connectivity index (χ4v) is 3.66. The van der Waals surface area contributed by atoms with Gasteiger partial charge in [0.2, 0.25) is 16.0 Å². The van der Waals surface area contributed by atoms with Crippen LogP contribution in [0.1, 0.15) is 27.2 Å². The van der Waals surface area contributed by atoms with E-state index < -0.39 is 27.6 Å². The molecule has 0 radical (unpaired) electrons. The topological polar surface area (TPSA) is 120 Å². The van der Waals surface area contributed by atoms with Crippen LogP contribution in [0.3, 0.4) is 0 Å². The van der Waals surface area contributed by atoms with E-state index in [9.17, 15) is 26.4 Å². The molecule has 2 heterocycles. The predicted octanol–water partition coefficient (Wildman–Crippen LogP) is 3.65. The van der Waals surface area contributed by atoms with E-state index >= 15 is 0 Å². The molecule has 0 bridgehead atoms. The number of halogens is 3. The minimum atomic E-state index is -4.74. The number of sulfonamides is 1. The molecule has 2 aromatic heterocycles. The summed E-state index contributed by atoms with van der Waals surface area (Å²) in [5, 5.41) is 5.46. The van der Waals surface area contributed by atoms with Gasteiger partial charge < -0.3 is 15.5 Å². The van der Waals surface area contributed by atoms with Crippen molar-refractivity contribution in [1.82, 2.24) is 19.9 Å². The molecule has 3 rings (SSSR count). The summed E-state index contributed by atoms with van der Waals surface area (Å²) in [6.45, 7) is 1.48. The zero-order chi connectivity index (χ0) is 27.5.